The summed E-state index contributed by atoms with van der Waals surface area (Å²) in [4.78, 5) is 11.9. The third-order valence-corrected chi connectivity index (χ3v) is 3.52. The maximum Gasteiger partial charge on any atom is 0.220 e. The number of methoxy groups -OCH3 is 1. The molecule has 112 valence electrons. The molecule has 3 N–H and O–H groups in total. The first-order chi connectivity index (χ1) is 9.48. The lowest BCUT2D eigenvalue weighted by Gasteiger charge is -2.23. The summed E-state index contributed by atoms with van der Waals surface area (Å²) in [6.45, 7) is 5.46. The predicted octanol–water partition coefficient (Wildman–Crippen LogP) is 2.47. The van der Waals surface area contributed by atoms with Gasteiger partial charge in [0.05, 0.1) is 7.11 Å². The van der Waals surface area contributed by atoms with Gasteiger partial charge < -0.3 is 15.8 Å². The minimum Gasteiger partial charge on any atom is -0.496 e. The highest BCUT2D eigenvalue weighted by Crippen LogP contribution is 2.25. The highest BCUT2D eigenvalue weighted by molar-refractivity contribution is 5.75. The van der Waals surface area contributed by atoms with Crippen molar-refractivity contribution in [1.29, 1.82) is 0 Å². The van der Waals surface area contributed by atoms with Crippen molar-refractivity contribution in [3.8, 4) is 5.75 Å². The molecule has 0 spiro atoms. The van der Waals surface area contributed by atoms with Crippen LogP contribution in [0.4, 0.5) is 0 Å². The Bertz CT molecular complexity index is 430. The molecule has 0 aromatic heterocycles. The normalized spacial score (nSPS) is 11.2. The SMILES string of the molecule is COc1ccccc1CNC(=O)CCC(C)(C)CCN. The van der Waals surface area contributed by atoms with Crippen LogP contribution in [0.15, 0.2) is 24.3 Å². The molecule has 0 saturated heterocycles. The number of rotatable bonds is 8. The molecule has 1 amide bonds. The highest BCUT2D eigenvalue weighted by atomic mass is 16.5. The Morgan fingerprint density at radius 1 is 1.30 bits per heavy atom. The number of carbonyl (C=O) groups excluding carboxylic acids is 1. The second-order valence-corrected chi connectivity index (χ2v) is 5.79. The molecule has 0 heterocycles. The summed E-state index contributed by atoms with van der Waals surface area (Å²) >= 11 is 0. The lowest BCUT2D eigenvalue weighted by atomic mass is 9.84. The van der Waals surface area contributed by atoms with Crippen molar-refractivity contribution in [2.75, 3.05) is 13.7 Å². The molecule has 0 fully saturated rings. The molecule has 0 atom stereocenters. The number of nitrogens with two attached hydrogens (primary N) is 1. The highest BCUT2D eigenvalue weighted by Gasteiger charge is 2.18. The molecule has 0 aliphatic heterocycles. The minimum absolute atomic E-state index is 0.0704. The monoisotopic (exact) mass is 278 g/mol. The van der Waals surface area contributed by atoms with Crippen molar-refractivity contribution in [3.05, 3.63) is 29.8 Å². The number of para-hydroxylation sites is 1. The van der Waals surface area contributed by atoms with Crippen molar-refractivity contribution >= 4 is 5.91 Å². The quantitative estimate of drug-likeness (QED) is 0.767. The average molecular weight is 278 g/mol. The number of nitrogens with one attached hydrogen (secondary N) is 1. The molecule has 1 aromatic carbocycles. The number of carbonyl (C=O) groups is 1. The maximum absolute atomic E-state index is 11.9. The van der Waals surface area contributed by atoms with Crippen molar-refractivity contribution < 1.29 is 9.53 Å². The summed E-state index contributed by atoms with van der Waals surface area (Å²) in [6.07, 6.45) is 2.32. The van der Waals surface area contributed by atoms with Gasteiger partial charge in [0, 0.05) is 18.5 Å². The Morgan fingerprint density at radius 3 is 2.65 bits per heavy atom. The van der Waals surface area contributed by atoms with E-state index in [1.807, 2.05) is 24.3 Å². The van der Waals surface area contributed by atoms with Crippen molar-refractivity contribution in [3.63, 3.8) is 0 Å². The van der Waals surface area contributed by atoms with Gasteiger partial charge >= 0.3 is 0 Å². The number of hydrogen-bond donors (Lipinski definition) is 2. The van der Waals surface area contributed by atoms with Crippen LogP contribution in [0.2, 0.25) is 0 Å². The van der Waals surface area contributed by atoms with Crippen LogP contribution in [0, 0.1) is 5.41 Å². The van der Waals surface area contributed by atoms with Gasteiger partial charge in [0.25, 0.3) is 0 Å². The van der Waals surface area contributed by atoms with Crippen molar-refractivity contribution in [2.24, 2.45) is 11.1 Å². The molecule has 4 nitrogen and oxygen atoms in total. The predicted molar refractivity (Wildman–Crippen MR) is 81.5 cm³/mol. The summed E-state index contributed by atoms with van der Waals surface area (Å²) in [5, 5.41) is 2.94. The van der Waals surface area contributed by atoms with Gasteiger partial charge in [0.2, 0.25) is 5.91 Å². The molecule has 1 rings (SSSR count). The van der Waals surface area contributed by atoms with E-state index in [0.29, 0.717) is 19.5 Å². The topological polar surface area (TPSA) is 64.3 Å². The van der Waals surface area contributed by atoms with Gasteiger partial charge in [-0.05, 0) is 30.9 Å². The van der Waals surface area contributed by atoms with Crippen LogP contribution < -0.4 is 15.8 Å². The molecule has 4 heteroatoms. The standard InChI is InChI=1S/C16H26N2O2/c1-16(2,10-11-17)9-8-15(19)18-12-13-6-4-5-7-14(13)20-3/h4-7H,8-12,17H2,1-3H3,(H,18,19). The molecule has 0 bridgehead atoms. The van der Waals surface area contributed by atoms with Gasteiger partial charge in [-0.3, -0.25) is 4.79 Å². The minimum atomic E-state index is 0.0704. The lowest BCUT2D eigenvalue weighted by Crippen LogP contribution is -2.25. The Hall–Kier alpha value is -1.55. The fourth-order valence-electron chi connectivity index (χ4n) is 2.10. The van der Waals surface area contributed by atoms with Crippen LogP contribution in [0.5, 0.6) is 5.75 Å². The second-order valence-electron chi connectivity index (χ2n) is 5.79. The molecule has 0 aliphatic carbocycles. The van der Waals surface area contributed by atoms with Crippen molar-refractivity contribution in [1.82, 2.24) is 5.32 Å². The summed E-state index contributed by atoms with van der Waals surface area (Å²) in [6, 6.07) is 7.71. The van der Waals surface area contributed by atoms with Gasteiger partial charge in [-0.15, -0.1) is 0 Å². The number of ether oxygens (including phenoxy) is 1. The Morgan fingerprint density at radius 2 is 2.00 bits per heavy atom. The largest absolute Gasteiger partial charge is 0.496 e. The Kier molecular flexibility index (Phi) is 6.52. The fourth-order valence-corrected chi connectivity index (χ4v) is 2.10. The van der Waals surface area contributed by atoms with Crippen LogP contribution in [-0.2, 0) is 11.3 Å². The Balaban J connectivity index is 2.40. The zero-order valence-electron chi connectivity index (χ0n) is 12.7. The Labute approximate surface area is 121 Å². The molecule has 20 heavy (non-hydrogen) atoms. The smallest absolute Gasteiger partial charge is 0.220 e. The van der Waals surface area contributed by atoms with E-state index < -0.39 is 0 Å². The third kappa shape index (κ3) is 5.61. The van der Waals surface area contributed by atoms with Crippen LogP contribution in [0.1, 0.15) is 38.7 Å². The molecule has 0 radical (unpaired) electrons. The van der Waals surface area contributed by atoms with Crippen molar-refractivity contribution in [2.45, 2.75) is 39.7 Å². The molecule has 0 unspecified atom stereocenters. The zero-order valence-corrected chi connectivity index (χ0v) is 12.7. The van der Waals surface area contributed by atoms with Crippen LogP contribution >= 0.6 is 0 Å². The van der Waals surface area contributed by atoms with E-state index in [9.17, 15) is 4.79 Å². The van der Waals surface area contributed by atoms with Crippen LogP contribution in [0.25, 0.3) is 0 Å². The molecule has 0 aliphatic rings. The molecular formula is C16H26N2O2. The van der Waals surface area contributed by atoms with E-state index in [1.54, 1.807) is 7.11 Å². The van der Waals surface area contributed by atoms with E-state index in [1.165, 1.54) is 0 Å². The summed E-state index contributed by atoms with van der Waals surface area (Å²) in [5.74, 6) is 0.872. The third-order valence-electron chi connectivity index (χ3n) is 3.52. The summed E-state index contributed by atoms with van der Waals surface area (Å²) < 4.78 is 5.26. The van der Waals surface area contributed by atoms with E-state index in [2.05, 4.69) is 19.2 Å². The lowest BCUT2D eigenvalue weighted by molar-refractivity contribution is -0.121. The first kappa shape index (κ1) is 16.5. The molecular weight excluding hydrogens is 252 g/mol. The van der Waals surface area contributed by atoms with E-state index in [0.717, 1.165) is 24.2 Å². The van der Waals surface area contributed by atoms with Crippen LogP contribution in [0.3, 0.4) is 0 Å². The molecule has 0 saturated carbocycles. The van der Waals surface area contributed by atoms with Gasteiger partial charge in [0.15, 0.2) is 0 Å². The number of amides is 1. The first-order valence-electron chi connectivity index (χ1n) is 7.07. The fraction of sp³-hybridized carbons (Fsp3) is 0.562. The van der Waals surface area contributed by atoms with E-state index in [4.69, 9.17) is 10.5 Å². The number of hydrogen-bond acceptors (Lipinski definition) is 3. The second kappa shape index (κ2) is 7.90. The van der Waals surface area contributed by atoms with Gasteiger partial charge in [0.1, 0.15) is 5.75 Å². The zero-order chi connectivity index (χ0) is 15.0. The molecule has 1 aromatic rings. The summed E-state index contributed by atoms with van der Waals surface area (Å²) in [5.41, 5.74) is 6.69. The van der Waals surface area contributed by atoms with Gasteiger partial charge in [-0.25, -0.2) is 0 Å². The van der Waals surface area contributed by atoms with E-state index in [-0.39, 0.29) is 11.3 Å². The maximum atomic E-state index is 11.9. The summed E-state index contributed by atoms with van der Waals surface area (Å²) in [7, 11) is 1.63. The first-order valence-corrected chi connectivity index (χ1v) is 7.07. The van der Waals surface area contributed by atoms with Crippen LogP contribution in [-0.4, -0.2) is 19.6 Å². The number of benzene rings is 1. The van der Waals surface area contributed by atoms with E-state index >= 15 is 0 Å². The average Bonchev–Trinajstić information content (AvgIpc) is 2.43. The van der Waals surface area contributed by atoms with Gasteiger partial charge in [-0.2, -0.15) is 0 Å². The van der Waals surface area contributed by atoms with Gasteiger partial charge in [-0.1, -0.05) is 32.0 Å².